The van der Waals surface area contributed by atoms with Crippen LogP contribution in [0.15, 0.2) is 0 Å². The molecule has 2 spiro atoms. The molecule has 4 heteroatoms. The van der Waals surface area contributed by atoms with Gasteiger partial charge in [0.25, 0.3) is 0 Å². The van der Waals surface area contributed by atoms with E-state index >= 15 is 0 Å². The van der Waals surface area contributed by atoms with Crippen molar-refractivity contribution >= 4 is 0 Å². The first-order valence-electron chi connectivity index (χ1n) is 9.09. The molecule has 4 heterocycles. The fourth-order valence-corrected chi connectivity index (χ4v) is 6.60. The standard InChI is InChI=1S/C19H26O4/c1-5-10-20-15-12(3)14-7-6-11(2)13-8-9-17(4)22-16-18(13,14)19(16,21-15)23-17/h1,11-16H,6-10H2,2-4H3/t11-,12-,13?,14?,15+,16?,17+,18+,19+/m1/s1. The monoisotopic (exact) mass is 318 g/mol. The molecule has 23 heavy (non-hydrogen) atoms. The van der Waals surface area contributed by atoms with E-state index in [0.717, 1.165) is 6.42 Å². The van der Waals surface area contributed by atoms with Gasteiger partial charge < -0.3 is 18.9 Å². The fraction of sp³-hybridized carbons (Fsp3) is 0.895. The first-order chi connectivity index (χ1) is 11.0. The molecular weight excluding hydrogens is 292 g/mol. The number of hydrogen-bond acceptors (Lipinski definition) is 4. The van der Waals surface area contributed by atoms with Crippen molar-refractivity contribution in [2.75, 3.05) is 6.61 Å². The Morgan fingerprint density at radius 2 is 2.00 bits per heavy atom. The van der Waals surface area contributed by atoms with Crippen LogP contribution < -0.4 is 0 Å². The molecular formula is C19H26O4. The Hall–Kier alpha value is -0.600. The summed E-state index contributed by atoms with van der Waals surface area (Å²) in [4.78, 5) is 0. The van der Waals surface area contributed by atoms with E-state index in [2.05, 4.69) is 26.7 Å². The van der Waals surface area contributed by atoms with Gasteiger partial charge in [-0.25, -0.2) is 0 Å². The topological polar surface area (TPSA) is 36.9 Å². The molecule has 6 aliphatic rings. The van der Waals surface area contributed by atoms with Crippen LogP contribution in [0.1, 0.15) is 46.5 Å². The SMILES string of the molecule is C#CCO[C@H]1O[C@@]23O[C@@]4(C)CCC5[C@H](C)CCC([C@H]1C)[C@]52C3O4. The van der Waals surface area contributed by atoms with Gasteiger partial charge in [0.05, 0.1) is 5.41 Å². The normalized spacial score (nSPS) is 62.2. The summed E-state index contributed by atoms with van der Waals surface area (Å²) in [7, 11) is 0. The van der Waals surface area contributed by atoms with Gasteiger partial charge in [0, 0.05) is 12.3 Å². The Bertz CT molecular complexity index is 584. The third-order valence-electron chi connectivity index (χ3n) is 7.48. The zero-order valence-corrected chi connectivity index (χ0v) is 14.2. The maximum absolute atomic E-state index is 6.50. The van der Waals surface area contributed by atoms with Crippen molar-refractivity contribution in [3.63, 3.8) is 0 Å². The van der Waals surface area contributed by atoms with Gasteiger partial charge in [-0.15, -0.1) is 6.42 Å². The van der Waals surface area contributed by atoms with E-state index in [9.17, 15) is 0 Å². The lowest BCUT2D eigenvalue weighted by Crippen LogP contribution is -2.54. The van der Waals surface area contributed by atoms with Gasteiger partial charge in [-0.1, -0.05) is 26.2 Å². The highest BCUT2D eigenvalue weighted by molar-refractivity contribution is 5.34. The smallest absolute Gasteiger partial charge is 0.210 e. The predicted molar refractivity (Wildman–Crippen MR) is 83.0 cm³/mol. The van der Waals surface area contributed by atoms with Crippen LogP contribution in [0.5, 0.6) is 0 Å². The number of ether oxygens (including phenoxy) is 4. The molecule has 9 atom stereocenters. The summed E-state index contributed by atoms with van der Waals surface area (Å²) in [6, 6.07) is 0. The van der Waals surface area contributed by atoms with Crippen LogP contribution in [-0.4, -0.2) is 30.6 Å². The molecule has 6 rings (SSSR count). The fourth-order valence-electron chi connectivity index (χ4n) is 6.60. The van der Waals surface area contributed by atoms with Crippen LogP contribution in [-0.2, 0) is 18.9 Å². The second-order valence-corrected chi connectivity index (χ2v) is 8.50. The van der Waals surface area contributed by atoms with E-state index in [4.69, 9.17) is 25.4 Å². The van der Waals surface area contributed by atoms with E-state index in [1.165, 1.54) is 19.3 Å². The van der Waals surface area contributed by atoms with Crippen LogP contribution in [0.4, 0.5) is 0 Å². The maximum Gasteiger partial charge on any atom is 0.210 e. The largest absolute Gasteiger partial charge is 0.340 e. The Labute approximate surface area is 138 Å². The van der Waals surface area contributed by atoms with E-state index in [1.807, 2.05) is 0 Å². The van der Waals surface area contributed by atoms with Crippen molar-refractivity contribution in [3.8, 4) is 12.3 Å². The van der Waals surface area contributed by atoms with E-state index in [1.54, 1.807) is 0 Å². The molecule has 0 N–H and O–H groups in total. The zero-order chi connectivity index (χ0) is 16.0. The quantitative estimate of drug-likeness (QED) is 0.734. The molecule has 2 saturated carbocycles. The first-order valence-corrected chi connectivity index (χ1v) is 9.09. The third-order valence-corrected chi connectivity index (χ3v) is 7.48. The third kappa shape index (κ3) is 1.49. The summed E-state index contributed by atoms with van der Waals surface area (Å²) in [6.07, 6.45) is 9.79. The van der Waals surface area contributed by atoms with Gasteiger partial charge in [0.1, 0.15) is 12.7 Å². The van der Waals surface area contributed by atoms with Crippen molar-refractivity contribution < 1.29 is 18.9 Å². The summed E-state index contributed by atoms with van der Waals surface area (Å²) in [6.45, 7) is 7.00. The molecule has 4 nitrogen and oxygen atoms in total. The van der Waals surface area contributed by atoms with Crippen molar-refractivity contribution in [3.05, 3.63) is 0 Å². The Morgan fingerprint density at radius 1 is 1.17 bits per heavy atom. The van der Waals surface area contributed by atoms with Crippen molar-refractivity contribution in [1.82, 2.24) is 0 Å². The summed E-state index contributed by atoms with van der Waals surface area (Å²) >= 11 is 0. The number of fused-ring (bicyclic) bond motifs is 1. The van der Waals surface area contributed by atoms with Crippen LogP contribution in [0.25, 0.3) is 0 Å². The molecule has 0 aromatic heterocycles. The molecule has 4 aliphatic heterocycles. The lowest BCUT2D eigenvalue weighted by atomic mass is 9.58. The highest BCUT2D eigenvalue weighted by atomic mass is 16.9. The molecule has 4 saturated heterocycles. The van der Waals surface area contributed by atoms with Gasteiger partial charge in [-0.05, 0) is 37.5 Å². The van der Waals surface area contributed by atoms with Gasteiger partial charge in [-0.2, -0.15) is 0 Å². The molecule has 6 fully saturated rings. The molecule has 4 bridgehead atoms. The van der Waals surface area contributed by atoms with E-state index in [-0.39, 0.29) is 24.4 Å². The maximum atomic E-state index is 6.50. The van der Waals surface area contributed by atoms with Crippen LogP contribution in [0.2, 0.25) is 0 Å². The summed E-state index contributed by atoms with van der Waals surface area (Å²) in [5.74, 6) is 3.68. The zero-order valence-electron chi connectivity index (χ0n) is 14.2. The number of rotatable bonds is 2. The predicted octanol–water partition coefficient (Wildman–Crippen LogP) is 2.91. The molecule has 0 amide bonds. The van der Waals surface area contributed by atoms with Crippen LogP contribution >= 0.6 is 0 Å². The average Bonchev–Trinajstić information content (AvgIpc) is 2.98. The minimum Gasteiger partial charge on any atom is -0.340 e. The Balaban J connectivity index is 1.58. The number of hydrogen-bond donors (Lipinski definition) is 0. The van der Waals surface area contributed by atoms with E-state index < -0.39 is 11.6 Å². The Kier molecular flexibility index (Phi) is 2.77. The molecule has 0 radical (unpaired) electrons. The lowest BCUT2D eigenvalue weighted by Gasteiger charge is -2.51. The van der Waals surface area contributed by atoms with Crippen molar-refractivity contribution in [2.24, 2.45) is 29.1 Å². The minimum atomic E-state index is -0.589. The molecule has 0 aromatic rings. The van der Waals surface area contributed by atoms with Gasteiger partial charge in [-0.3, -0.25) is 0 Å². The van der Waals surface area contributed by atoms with Crippen LogP contribution in [0, 0.1) is 41.4 Å². The highest BCUT2D eigenvalue weighted by Gasteiger charge is 2.94. The second-order valence-electron chi connectivity index (χ2n) is 8.50. The summed E-state index contributed by atoms with van der Waals surface area (Å²) in [5, 5.41) is 0. The summed E-state index contributed by atoms with van der Waals surface area (Å²) < 4.78 is 25.2. The second kappa shape index (κ2) is 4.32. The van der Waals surface area contributed by atoms with Crippen molar-refractivity contribution in [1.29, 1.82) is 0 Å². The molecule has 2 aliphatic carbocycles. The Morgan fingerprint density at radius 3 is 2.78 bits per heavy atom. The molecule has 3 unspecified atom stereocenters. The summed E-state index contributed by atoms with van der Waals surface area (Å²) in [5.41, 5.74) is 0.0378. The van der Waals surface area contributed by atoms with Crippen molar-refractivity contribution in [2.45, 2.75) is 70.4 Å². The van der Waals surface area contributed by atoms with Gasteiger partial charge >= 0.3 is 0 Å². The first kappa shape index (κ1) is 14.7. The molecule has 126 valence electrons. The average molecular weight is 318 g/mol. The number of terminal acetylenes is 1. The van der Waals surface area contributed by atoms with Crippen LogP contribution in [0.3, 0.4) is 0 Å². The minimum absolute atomic E-state index is 0.0378. The highest BCUT2D eigenvalue weighted by Crippen LogP contribution is 2.82. The van der Waals surface area contributed by atoms with E-state index in [0.29, 0.717) is 23.7 Å². The van der Waals surface area contributed by atoms with Gasteiger partial charge in [0.15, 0.2) is 12.1 Å². The van der Waals surface area contributed by atoms with Gasteiger partial charge in [0.2, 0.25) is 5.79 Å². The molecule has 0 aromatic carbocycles. The lowest BCUT2D eigenvalue weighted by molar-refractivity contribution is -0.359.